The zero-order valence-electron chi connectivity index (χ0n) is 10.9. The number of nitrogens with zero attached hydrogens (tertiary/aromatic N) is 3. The molecule has 100 valence electrons. The van der Waals surface area contributed by atoms with Gasteiger partial charge in [0, 0.05) is 12.7 Å². The zero-order valence-corrected chi connectivity index (χ0v) is 10.9. The van der Waals surface area contributed by atoms with Crippen molar-refractivity contribution in [2.24, 2.45) is 5.84 Å². The molecule has 0 aliphatic carbocycles. The monoisotopic (exact) mass is 261 g/mol. The fourth-order valence-electron chi connectivity index (χ4n) is 1.74. The first-order valence-corrected chi connectivity index (χ1v) is 5.97. The van der Waals surface area contributed by atoms with E-state index in [1.807, 2.05) is 24.3 Å². The summed E-state index contributed by atoms with van der Waals surface area (Å²) in [6, 6.07) is 7.87. The molecular weight excluding hydrogens is 245 g/mol. The smallest absolute Gasteiger partial charge is 0.239 e. The topological polar surface area (TPSA) is 67.1 Å². The summed E-state index contributed by atoms with van der Waals surface area (Å²) in [6.07, 6.45) is 2.06. The van der Waals surface area contributed by atoms with Gasteiger partial charge in [0.15, 0.2) is 11.6 Å². The molecule has 19 heavy (non-hydrogen) atoms. The van der Waals surface area contributed by atoms with E-state index >= 15 is 0 Å². The lowest BCUT2D eigenvalue weighted by atomic mass is 10.1. The summed E-state index contributed by atoms with van der Waals surface area (Å²) in [5, 5.41) is 0. The van der Waals surface area contributed by atoms with Crippen LogP contribution in [0.4, 0.5) is 21.8 Å². The van der Waals surface area contributed by atoms with E-state index in [1.54, 1.807) is 11.9 Å². The molecule has 1 heterocycles. The predicted octanol–water partition coefficient (Wildman–Crippen LogP) is 2.23. The fraction of sp³-hybridized carbons (Fsp3) is 0.231. The number of halogens is 1. The molecule has 0 radical (unpaired) electrons. The van der Waals surface area contributed by atoms with E-state index in [1.165, 1.54) is 5.56 Å². The van der Waals surface area contributed by atoms with Gasteiger partial charge >= 0.3 is 0 Å². The molecule has 1 aromatic carbocycles. The Morgan fingerprint density at radius 2 is 2.00 bits per heavy atom. The molecule has 0 amide bonds. The van der Waals surface area contributed by atoms with Crippen LogP contribution in [0.2, 0.25) is 0 Å². The van der Waals surface area contributed by atoms with Gasteiger partial charge in [0.05, 0.1) is 6.20 Å². The van der Waals surface area contributed by atoms with Crippen molar-refractivity contribution < 1.29 is 4.39 Å². The van der Waals surface area contributed by atoms with Crippen molar-refractivity contribution in [3.05, 3.63) is 41.8 Å². The van der Waals surface area contributed by atoms with Gasteiger partial charge in [-0.15, -0.1) is 0 Å². The van der Waals surface area contributed by atoms with Crippen LogP contribution >= 0.6 is 0 Å². The molecule has 0 aliphatic heterocycles. The molecule has 0 bridgehead atoms. The average molecular weight is 261 g/mol. The molecular formula is C13H16FN5. The maximum absolute atomic E-state index is 13.8. The van der Waals surface area contributed by atoms with E-state index < -0.39 is 5.82 Å². The van der Waals surface area contributed by atoms with Crippen molar-refractivity contribution in [3.8, 4) is 0 Å². The highest BCUT2D eigenvalue weighted by molar-refractivity contribution is 5.60. The van der Waals surface area contributed by atoms with E-state index in [9.17, 15) is 4.39 Å². The minimum atomic E-state index is -0.499. The number of aromatic nitrogens is 2. The van der Waals surface area contributed by atoms with E-state index in [0.717, 1.165) is 18.3 Å². The highest BCUT2D eigenvalue weighted by atomic mass is 19.1. The second-order valence-corrected chi connectivity index (χ2v) is 4.09. The van der Waals surface area contributed by atoms with Crippen molar-refractivity contribution in [1.82, 2.24) is 9.97 Å². The predicted molar refractivity (Wildman–Crippen MR) is 73.7 cm³/mol. The number of hydrazine groups is 1. The lowest BCUT2D eigenvalue weighted by Crippen LogP contribution is -2.17. The third-order valence-electron chi connectivity index (χ3n) is 2.90. The minimum Gasteiger partial charge on any atom is -0.327 e. The molecule has 5 nitrogen and oxygen atoms in total. The summed E-state index contributed by atoms with van der Waals surface area (Å²) in [5.41, 5.74) is 4.38. The van der Waals surface area contributed by atoms with Crippen LogP contribution in [0.5, 0.6) is 0 Å². The molecule has 0 aliphatic rings. The molecule has 0 saturated carbocycles. The molecule has 0 spiro atoms. The Balaban J connectivity index is 2.34. The highest BCUT2D eigenvalue weighted by Gasteiger charge is 2.12. The van der Waals surface area contributed by atoms with Crippen LogP contribution in [-0.4, -0.2) is 17.0 Å². The molecule has 2 rings (SSSR count). The fourth-order valence-corrected chi connectivity index (χ4v) is 1.74. The zero-order chi connectivity index (χ0) is 13.8. The van der Waals surface area contributed by atoms with Gasteiger partial charge in [0.2, 0.25) is 5.95 Å². The Labute approximate surface area is 111 Å². The van der Waals surface area contributed by atoms with E-state index in [0.29, 0.717) is 0 Å². The van der Waals surface area contributed by atoms with E-state index in [2.05, 4.69) is 22.3 Å². The second kappa shape index (κ2) is 5.62. The normalized spacial score (nSPS) is 10.3. The van der Waals surface area contributed by atoms with Crippen molar-refractivity contribution in [2.75, 3.05) is 17.4 Å². The number of benzene rings is 1. The first-order chi connectivity index (χ1) is 9.15. The Bertz CT molecular complexity index is 555. The summed E-state index contributed by atoms with van der Waals surface area (Å²) >= 11 is 0. The van der Waals surface area contributed by atoms with Crippen molar-refractivity contribution in [3.63, 3.8) is 0 Å². The van der Waals surface area contributed by atoms with Crippen molar-refractivity contribution in [1.29, 1.82) is 0 Å². The number of rotatable bonds is 4. The van der Waals surface area contributed by atoms with Crippen LogP contribution in [0.25, 0.3) is 0 Å². The molecule has 0 saturated heterocycles. The number of nitrogens with one attached hydrogen (secondary N) is 1. The quantitative estimate of drug-likeness (QED) is 0.652. The molecule has 0 fully saturated rings. The first kappa shape index (κ1) is 13.2. The van der Waals surface area contributed by atoms with Crippen LogP contribution in [0.3, 0.4) is 0 Å². The number of aryl methyl sites for hydroxylation is 1. The molecule has 0 atom stereocenters. The average Bonchev–Trinajstić information content (AvgIpc) is 2.47. The second-order valence-electron chi connectivity index (χ2n) is 4.09. The van der Waals surface area contributed by atoms with Crippen LogP contribution < -0.4 is 16.2 Å². The van der Waals surface area contributed by atoms with E-state index in [4.69, 9.17) is 5.84 Å². The Morgan fingerprint density at radius 1 is 1.32 bits per heavy atom. The minimum absolute atomic E-state index is 0.173. The summed E-state index contributed by atoms with van der Waals surface area (Å²) in [5.74, 6) is 5.08. The lowest BCUT2D eigenvalue weighted by molar-refractivity contribution is 0.614. The van der Waals surface area contributed by atoms with E-state index in [-0.39, 0.29) is 11.8 Å². The largest absolute Gasteiger partial charge is 0.327 e. The van der Waals surface area contributed by atoms with Crippen LogP contribution in [-0.2, 0) is 6.42 Å². The highest BCUT2D eigenvalue weighted by Crippen LogP contribution is 2.24. The van der Waals surface area contributed by atoms with Gasteiger partial charge in [-0.25, -0.2) is 15.2 Å². The molecule has 1 aromatic heterocycles. The van der Waals surface area contributed by atoms with Crippen LogP contribution in [0, 0.1) is 5.82 Å². The lowest BCUT2D eigenvalue weighted by Gasteiger charge is -2.19. The third kappa shape index (κ3) is 2.79. The van der Waals surface area contributed by atoms with Gasteiger partial charge in [-0.3, -0.25) is 5.43 Å². The van der Waals surface area contributed by atoms with Crippen molar-refractivity contribution >= 4 is 17.5 Å². The van der Waals surface area contributed by atoms with Crippen molar-refractivity contribution in [2.45, 2.75) is 13.3 Å². The Hall–Kier alpha value is -2.21. The van der Waals surface area contributed by atoms with Crippen LogP contribution in [0.15, 0.2) is 30.5 Å². The first-order valence-electron chi connectivity index (χ1n) is 5.97. The van der Waals surface area contributed by atoms with Gasteiger partial charge in [0.25, 0.3) is 0 Å². The summed E-state index contributed by atoms with van der Waals surface area (Å²) < 4.78 is 13.8. The summed E-state index contributed by atoms with van der Waals surface area (Å²) in [4.78, 5) is 9.38. The van der Waals surface area contributed by atoms with Gasteiger partial charge in [-0.2, -0.15) is 4.98 Å². The maximum atomic E-state index is 13.8. The molecule has 0 unspecified atom stereocenters. The maximum Gasteiger partial charge on any atom is 0.239 e. The standard InChI is InChI=1S/C13H16FN5/c1-3-9-4-6-10(7-5-9)19(2)12-11(14)8-16-13(17-12)18-15/h4-8H,3,15H2,1-2H3,(H,16,17,18). The SMILES string of the molecule is CCc1ccc(N(C)c2nc(NN)ncc2F)cc1. The number of hydrogen-bond acceptors (Lipinski definition) is 5. The number of nitrogens with two attached hydrogens (primary N) is 1. The Morgan fingerprint density at radius 3 is 2.58 bits per heavy atom. The summed E-state index contributed by atoms with van der Waals surface area (Å²) in [7, 11) is 1.74. The number of hydrogen-bond donors (Lipinski definition) is 2. The molecule has 2 aromatic rings. The summed E-state index contributed by atoms with van der Waals surface area (Å²) in [6.45, 7) is 2.09. The number of nitrogen functional groups attached to an aromatic ring is 1. The number of anilines is 3. The third-order valence-corrected chi connectivity index (χ3v) is 2.90. The van der Waals surface area contributed by atoms with Gasteiger partial charge in [-0.05, 0) is 24.1 Å². The van der Waals surface area contributed by atoms with Crippen LogP contribution in [0.1, 0.15) is 12.5 Å². The van der Waals surface area contributed by atoms with Gasteiger partial charge < -0.3 is 4.90 Å². The van der Waals surface area contributed by atoms with Gasteiger partial charge in [0.1, 0.15) is 0 Å². The van der Waals surface area contributed by atoms with Gasteiger partial charge in [-0.1, -0.05) is 19.1 Å². The Kier molecular flexibility index (Phi) is 3.91. The molecule has 3 N–H and O–H groups in total. The molecule has 6 heteroatoms.